The number of alkyl carbamates (subject to hydrolysis) is 1. The lowest BCUT2D eigenvalue weighted by Crippen LogP contribution is -2.48. The Morgan fingerprint density at radius 3 is 2.85 bits per heavy atom. The average Bonchev–Trinajstić information content (AvgIpc) is 2.55. The Labute approximate surface area is 121 Å². The van der Waals surface area contributed by atoms with Crippen LogP contribution in [0.3, 0.4) is 0 Å². The number of nitrogens with one attached hydrogen (secondary N) is 3. The number of ether oxygens (including phenoxy) is 1. The number of hydrogen-bond acceptors (Lipinski definition) is 6. The third-order valence-electron chi connectivity index (χ3n) is 2.59. The van der Waals surface area contributed by atoms with Crippen LogP contribution in [0.5, 0.6) is 0 Å². The smallest absolute Gasteiger partial charge is 0.408 e. The third-order valence-corrected chi connectivity index (χ3v) is 3.48. The molecule has 0 bridgehead atoms. The van der Waals surface area contributed by atoms with E-state index in [0.717, 1.165) is 10.7 Å². The molecule has 3 N–H and O–H groups in total. The molecule has 2 heterocycles. The van der Waals surface area contributed by atoms with Crippen molar-refractivity contribution in [2.24, 2.45) is 0 Å². The van der Waals surface area contributed by atoms with Crippen molar-refractivity contribution in [1.82, 2.24) is 9.69 Å². The van der Waals surface area contributed by atoms with Crippen molar-refractivity contribution < 1.29 is 14.3 Å². The fraction of sp³-hybridized carbons (Fsp3) is 0.583. The first kappa shape index (κ1) is 14.6. The Bertz CT molecular complexity index is 535. The van der Waals surface area contributed by atoms with E-state index in [1.54, 1.807) is 20.8 Å². The topological polar surface area (TPSA) is 92.4 Å². The highest BCUT2D eigenvalue weighted by molar-refractivity contribution is 7.11. The van der Waals surface area contributed by atoms with Crippen LogP contribution in [0.1, 0.15) is 26.5 Å². The lowest BCUT2D eigenvalue weighted by Gasteiger charge is -2.22. The number of rotatable bonds is 1. The van der Waals surface area contributed by atoms with Gasteiger partial charge >= 0.3 is 6.09 Å². The highest BCUT2D eigenvalue weighted by Gasteiger charge is 2.28. The SMILES string of the molecule is Cc1nsc2c1NC(=O)[C@@H](NC(=O)OC(C)(C)C)CN2. The molecule has 20 heavy (non-hydrogen) atoms. The second kappa shape index (κ2) is 5.28. The van der Waals surface area contributed by atoms with Crippen molar-refractivity contribution in [3.63, 3.8) is 0 Å². The summed E-state index contributed by atoms with van der Waals surface area (Å²) in [5.74, 6) is -0.287. The van der Waals surface area contributed by atoms with Crippen LogP contribution in [0.25, 0.3) is 0 Å². The second-order valence-corrected chi connectivity index (χ2v) is 6.31. The first-order chi connectivity index (χ1) is 9.26. The molecule has 0 spiro atoms. The third kappa shape index (κ3) is 3.38. The summed E-state index contributed by atoms with van der Waals surface area (Å²) in [5.41, 5.74) is 0.829. The van der Waals surface area contributed by atoms with Crippen LogP contribution in [-0.4, -0.2) is 34.6 Å². The number of aromatic nitrogens is 1. The summed E-state index contributed by atoms with van der Waals surface area (Å²) in [6.45, 7) is 7.41. The molecule has 0 unspecified atom stereocenters. The van der Waals surface area contributed by atoms with E-state index in [2.05, 4.69) is 20.3 Å². The maximum Gasteiger partial charge on any atom is 0.408 e. The predicted octanol–water partition coefficient (Wildman–Crippen LogP) is 1.71. The number of fused-ring (bicyclic) bond motifs is 1. The van der Waals surface area contributed by atoms with Crippen molar-refractivity contribution in [2.75, 3.05) is 17.2 Å². The van der Waals surface area contributed by atoms with Gasteiger partial charge in [-0.15, -0.1) is 0 Å². The number of anilines is 2. The van der Waals surface area contributed by atoms with Gasteiger partial charge in [0.1, 0.15) is 16.6 Å². The lowest BCUT2D eigenvalue weighted by atomic mass is 10.2. The van der Waals surface area contributed by atoms with Crippen LogP contribution in [0, 0.1) is 6.92 Å². The highest BCUT2D eigenvalue weighted by atomic mass is 32.1. The van der Waals surface area contributed by atoms with Gasteiger partial charge in [0.15, 0.2) is 0 Å². The van der Waals surface area contributed by atoms with Crippen LogP contribution in [0.4, 0.5) is 15.5 Å². The molecule has 0 saturated heterocycles. The fourth-order valence-corrected chi connectivity index (χ4v) is 2.46. The van der Waals surface area contributed by atoms with Crippen LogP contribution < -0.4 is 16.0 Å². The number of carbonyl (C=O) groups is 2. The molecule has 1 aliphatic heterocycles. The zero-order valence-electron chi connectivity index (χ0n) is 11.9. The van der Waals surface area contributed by atoms with E-state index in [4.69, 9.17) is 4.74 Å². The molecule has 7 nitrogen and oxygen atoms in total. The number of aryl methyl sites for hydroxylation is 1. The second-order valence-electron chi connectivity index (χ2n) is 5.54. The van der Waals surface area contributed by atoms with Crippen LogP contribution in [0.2, 0.25) is 0 Å². The van der Waals surface area contributed by atoms with E-state index >= 15 is 0 Å². The standard InChI is InChI=1S/C12H18N4O3S/c1-6-8-10(20-16-6)13-5-7(9(17)15-8)14-11(18)19-12(2,3)4/h7,13H,5H2,1-4H3,(H,14,18)(H,15,17)/t7-/m0/s1. The summed E-state index contributed by atoms with van der Waals surface area (Å²) in [5, 5.41) is 9.22. The molecule has 2 rings (SSSR count). The summed E-state index contributed by atoms with van der Waals surface area (Å²) in [7, 11) is 0. The van der Waals surface area contributed by atoms with Crippen molar-refractivity contribution in [1.29, 1.82) is 0 Å². The zero-order chi connectivity index (χ0) is 14.9. The van der Waals surface area contributed by atoms with E-state index in [1.807, 2.05) is 6.92 Å². The highest BCUT2D eigenvalue weighted by Crippen LogP contribution is 2.31. The van der Waals surface area contributed by atoms with Gasteiger partial charge in [-0.1, -0.05) is 0 Å². The molecule has 0 saturated carbocycles. The minimum absolute atomic E-state index is 0.287. The summed E-state index contributed by atoms with van der Waals surface area (Å²) in [4.78, 5) is 23.8. The Morgan fingerprint density at radius 2 is 2.20 bits per heavy atom. The summed E-state index contributed by atoms with van der Waals surface area (Å²) in [6, 6.07) is -0.691. The Kier molecular flexibility index (Phi) is 3.85. The monoisotopic (exact) mass is 298 g/mol. The van der Waals surface area contributed by atoms with Gasteiger partial charge in [-0.2, -0.15) is 4.37 Å². The van der Waals surface area contributed by atoms with Crippen molar-refractivity contribution in [3.8, 4) is 0 Å². The number of amides is 2. The van der Waals surface area contributed by atoms with Gasteiger partial charge in [-0.25, -0.2) is 4.79 Å². The average molecular weight is 298 g/mol. The van der Waals surface area contributed by atoms with Gasteiger partial charge in [0.2, 0.25) is 5.91 Å². The van der Waals surface area contributed by atoms with Crippen molar-refractivity contribution in [2.45, 2.75) is 39.3 Å². The largest absolute Gasteiger partial charge is 0.444 e. The molecule has 1 atom stereocenters. The minimum Gasteiger partial charge on any atom is -0.444 e. The van der Waals surface area contributed by atoms with E-state index < -0.39 is 17.7 Å². The summed E-state index contributed by atoms with van der Waals surface area (Å²) < 4.78 is 9.31. The van der Waals surface area contributed by atoms with Gasteiger partial charge < -0.3 is 20.7 Å². The molecular weight excluding hydrogens is 280 g/mol. The molecule has 0 aliphatic carbocycles. The predicted molar refractivity (Wildman–Crippen MR) is 77.1 cm³/mol. The Morgan fingerprint density at radius 1 is 1.50 bits per heavy atom. The lowest BCUT2D eigenvalue weighted by molar-refractivity contribution is -0.117. The number of hydrogen-bond donors (Lipinski definition) is 3. The van der Waals surface area contributed by atoms with E-state index in [1.165, 1.54) is 11.5 Å². The van der Waals surface area contributed by atoms with E-state index in [-0.39, 0.29) is 5.91 Å². The molecular formula is C12H18N4O3S. The fourth-order valence-electron chi connectivity index (χ4n) is 1.70. The van der Waals surface area contributed by atoms with Crippen molar-refractivity contribution in [3.05, 3.63) is 5.69 Å². The van der Waals surface area contributed by atoms with E-state index in [9.17, 15) is 9.59 Å². The molecule has 1 aromatic rings. The molecule has 1 aliphatic rings. The molecule has 0 aromatic carbocycles. The van der Waals surface area contributed by atoms with Crippen molar-refractivity contribution >= 4 is 34.2 Å². The van der Waals surface area contributed by atoms with Gasteiger partial charge in [0.25, 0.3) is 0 Å². The molecule has 0 fully saturated rings. The van der Waals surface area contributed by atoms with E-state index in [0.29, 0.717) is 12.2 Å². The molecule has 0 radical (unpaired) electrons. The first-order valence-corrected chi connectivity index (χ1v) is 7.04. The zero-order valence-corrected chi connectivity index (χ0v) is 12.7. The van der Waals surface area contributed by atoms with Gasteiger partial charge in [-0.05, 0) is 39.2 Å². The number of carbonyl (C=O) groups excluding carboxylic acids is 2. The minimum atomic E-state index is -0.691. The van der Waals surface area contributed by atoms with Gasteiger partial charge in [0.05, 0.1) is 11.4 Å². The van der Waals surface area contributed by atoms with Gasteiger partial charge in [0, 0.05) is 6.54 Å². The van der Waals surface area contributed by atoms with Crippen LogP contribution >= 0.6 is 11.5 Å². The van der Waals surface area contributed by atoms with Gasteiger partial charge in [-0.3, -0.25) is 4.79 Å². The molecule has 2 amide bonds. The number of nitrogens with zero attached hydrogens (tertiary/aromatic N) is 1. The maximum absolute atomic E-state index is 12.1. The van der Waals surface area contributed by atoms with Crippen LogP contribution in [-0.2, 0) is 9.53 Å². The summed E-state index contributed by atoms with van der Waals surface area (Å²) >= 11 is 1.28. The molecule has 110 valence electrons. The Hall–Kier alpha value is -1.83. The van der Waals surface area contributed by atoms with Crippen LogP contribution in [0.15, 0.2) is 0 Å². The normalized spacial score (nSPS) is 18.4. The molecule has 1 aromatic heterocycles. The quantitative estimate of drug-likeness (QED) is 0.734. The maximum atomic E-state index is 12.1. The molecule has 8 heteroatoms. The summed E-state index contributed by atoms with van der Waals surface area (Å²) in [6.07, 6.45) is -0.612. The first-order valence-electron chi connectivity index (χ1n) is 6.27. The Balaban J connectivity index is 2.02.